The highest BCUT2D eigenvalue weighted by Crippen LogP contribution is 2.25. The molecule has 1 aliphatic rings. The summed E-state index contributed by atoms with van der Waals surface area (Å²) < 4.78 is 11.2. The Morgan fingerprint density at radius 1 is 0.875 bits per heavy atom. The summed E-state index contributed by atoms with van der Waals surface area (Å²) in [6.07, 6.45) is -0.827. The van der Waals surface area contributed by atoms with Gasteiger partial charge in [0.25, 0.3) is 0 Å². The third-order valence-electron chi connectivity index (χ3n) is 5.18. The Bertz CT molecular complexity index is 1140. The second-order valence-corrected chi connectivity index (χ2v) is 7.40. The van der Waals surface area contributed by atoms with E-state index in [-0.39, 0.29) is 18.3 Å². The number of amidine groups is 2. The summed E-state index contributed by atoms with van der Waals surface area (Å²) in [5.41, 5.74) is 15.0. The smallest absolute Gasteiger partial charge is 0.414 e. The minimum atomic E-state index is -0.432. The molecule has 0 saturated carbocycles. The number of ether oxygens (including phenoxy) is 2. The molecule has 1 fully saturated rings. The quantitative estimate of drug-likeness (QED) is 0.337. The van der Waals surface area contributed by atoms with E-state index in [1.807, 2.05) is 48.5 Å². The minimum Gasteiger partial charge on any atom is -0.490 e. The lowest BCUT2D eigenvalue weighted by molar-refractivity contribution is 0.105. The topological polar surface area (TPSA) is 139 Å². The molecule has 0 aromatic heterocycles. The maximum Gasteiger partial charge on any atom is 0.414 e. The first kappa shape index (κ1) is 20.9. The van der Waals surface area contributed by atoms with Crippen molar-refractivity contribution in [2.45, 2.75) is 6.10 Å². The second-order valence-electron chi connectivity index (χ2n) is 7.40. The molecule has 0 bridgehead atoms. The Hall–Kier alpha value is -4.33. The van der Waals surface area contributed by atoms with Crippen LogP contribution < -0.4 is 21.1 Å². The first-order valence-corrected chi connectivity index (χ1v) is 10.0. The van der Waals surface area contributed by atoms with Gasteiger partial charge in [0, 0.05) is 16.8 Å². The Kier molecular flexibility index (Phi) is 5.76. The van der Waals surface area contributed by atoms with Crippen LogP contribution in [0.5, 0.6) is 5.75 Å². The van der Waals surface area contributed by atoms with Crippen molar-refractivity contribution in [1.29, 1.82) is 10.8 Å². The lowest BCUT2D eigenvalue weighted by atomic mass is 10.0. The maximum atomic E-state index is 12.2. The number of hydrogen-bond donors (Lipinski definition) is 4. The number of nitrogens with zero attached hydrogens (tertiary/aromatic N) is 1. The number of nitrogen functional groups attached to an aromatic ring is 2. The molecule has 0 spiro atoms. The van der Waals surface area contributed by atoms with E-state index >= 15 is 0 Å². The van der Waals surface area contributed by atoms with E-state index < -0.39 is 12.2 Å². The van der Waals surface area contributed by atoms with Gasteiger partial charge in [-0.05, 0) is 47.5 Å². The van der Waals surface area contributed by atoms with Gasteiger partial charge in [0.15, 0.2) is 6.10 Å². The SMILES string of the molecule is N=C(N)c1ccc(-c2ccc(OCC3CN(c4ccc(C(=N)N)cc4)C(=O)O3)cc2)cc1. The molecule has 1 amide bonds. The summed E-state index contributed by atoms with van der Waals surface area (Å²) >= 11 is 0. The standard InChI is InChI=1S/C24H23N5O3/c25-22(26)17-3-1-15(2-4-17)16-7-11-20(12-8-16)31-14-21-13-29(24(30)32-21)19-9-5-18(6-10-19)23(27)28/h1-12,21H,13-14H2,(H3,25,26)(H3,27,28). The molecule has 0 aliphatic carbocycles. The van der Waals surface area contributed by atoms with Crippen LogP contribution in [0.25, 0.3) is 11.1 Å². The van der Waals surface area contributed by atoms with Crippen molar-refractivity contribution in [3.05, 3.63) is 83.9 Å². The second kappa shape index (κ2) is 8.81. The third kappa shape index (κ3) is 4.54. The molecule has 4 rings (SSSR count). The molecule has 8 nitrogen and oxygen atoms in total. The van der Waals surface area contributed by atoms with Crippen LogP contribution in [0.2, 0.25) is 0 Å². The van der Waals surface area contributed by atoms with Crippen molar-refractivity contribution in [1.82, 2.24) is 0 Å². The fraction of sp³-hybridized carbons (Fsp3) is 0.125. The first-order valence-electron chi connectivity index (χ1n) is 10.0. The number of anilines is 1. The summed E-state index contributed by atoms with van der Waals surface area (Å²) in [7, 11) is 0. The number of hydrogen-bond acceptors (Lipinski definition) is 5. The zero-order chi connectivity index (χ0) is 22.7. The number of nitrogens with one attached hydrogen (secondary N) is 2. The van der Waals surface area contributed by atoms with Gasteiger partial charge >= 0.3 is 6.09 Å². The summed E-state index contributed by atoms with van der Waals surface area (Å²) in [4.78, 5) is 13.8. The maximum absolute atomic E-state index is 12.2. The predicted molar refractivity (Wildman–Crippen MR) is 123 cm³/mol. The Balaban J connectivity index is 1.34. The van der Waals surface area contributed by atoms with Gasteiger partial charge in [-0.25, -0.2) is 4.79 Å². The van der Waals surface area contributed by atoms with Crippen molar-refractivity contribution < 1.29 is 14.3 Å². The molecule has 1 saturated heterocycles. The third-order valence-corrected chi connectivity index (χ3v) is 5.18. The normalized spacial score (nSPS) is 15.3. The summed E-state index contributed by atoms with van der Waals surface area (Å²) in [6, 6.07) is 22.0. The van der Waals surface area contributed by atoms with Crippen LogP contribution in [0.1, 0.15) is 11.1 Å². The number of carbonyl (C=O) groups excluding carboxylic acids is 1. The predicted octanol–water partition coefficient (Wildman–Crippen LogP) is 3.33. The van der Waals surface area contributed by atoms with Crippen molar-refractivity contribution in [2.75, 3.05) is 18.1 Å². The van der Waals surface area contributed by atoms with Crippen molar-refractivity contribution >= 4 is 23.5 Å². The van der Waals surface area contributed by atoms with Crippen LogP contribution in [0.4, 0.5) is 10.5 Å². The molecule has 1 unspecified atom stereocenters. The van der Waals surface area contributed by atoms with Crippen LogP contribution >= 0.6 is 0 Å². The summed E-state index contributed by atoms with van der Waals surface area (Å²) in [6.45, 7) is 0.610. The van der Waals surface area contributed by atoms with E-state index in [0.717, 1.165) is 11.1 Å². The van der Waals surface area contributed by atoms with Crippen LogP contribution in [-0.4, -0.2) is 37.0 Å². The number of cyclic esters (lactones) is 1. The molecule has 1 heterocycles. The first-order chi connectivity index (χ1) is 15.4. The number of carbonyl (C=O) groups is 1. The lowest BCUT2D eigenvalue weighted by Gasteiger charge is -2.14. The van der Waals surface area contributed by atoms with Crippen molar-refractivity contribution in [3.63, 3.8) is 0 Å². The van der Waals surface area contributed by atoms with Crippen LogP contribution in [-0.2, 0) is 4.74 Å². The van der Waals surface area contributed by atoms with Gasteiger partial charge in [0.2, 0.25) is 0 Å². The molecule has 0 radical (unpaired) electrons. The minimum absolute atomic E-state index is 0.0223. The van der Waals surface area contributed by atoms with Gasteiger partial charge in [0.05, 0.1) is 6.54 Å². The van der Waals surface area contributed by atoms with E-state index in [2.05, 4.69) is 0 Å². The Morgan fingerprint density at radius 2 is 1.38 bits per heavy atom. The Morgan fingerprint density at radius 3 is 1.91 bits per heavy atom. The molecule has 1 atom stereocenters. The average molecular weight is 429 g/mol. The number of benzene rings is 3. The van der Waals surface area contributed by atoms with Gasteiger partial charge in [0.1, 0.15) is 24.0 Å². The largest absolute Gasteiger partial charge is 0.490 e. The average Bonchev–Trinajstić information content (AvgIpc) is 3.18. The van der Waals surface area contributed by atoms with E-state index in [4.69, 9.17) is 31.8 Å². The zero-order valence-corrected chi connectivity index (χ0v) is 17.2. The molecule has 8 heteroatoms. The Labute approximate surface area is 185 Å². The summed E-state index contributed by atoms with van der Waals surface area (Å²) in [5, 5.41) is 14.9. The molecular weight excluding hydrogens is 406 g/mol. The highest BCUT2D eigenvalue weighted by molar-refractivity contribution is 5.96. The fourth-order valence-electron chi connectivity index (χ4n) is 3.42. The number of nitrogens with two attached hydrogens (primary N) is 2. The molecule has 162 valence electrons. The summed E-state index contributed by atoms with van der Waals surface area (Å²) in [5.74, 6) is 0.694. The van der Waals surface area contributed by atoms with E-state index in [0.29, 0.717) is 29.1 Å². The lowest BCUT2D eigenvalue weighted by Crippen LogP contribution is -2.26. The molecule has 3 aromatic carbocycles. The fourth-order valence-corrected chi connectivity index (χ4v) is 3.42. The van der Waals surface area contributed by atoms with E-state index in [9.17, 15) is 4.79 Å². The number of amides is 1. The van der Waals surface area contributed by atoms with E-state index in [1.165, 1.54) is 4.90 Å². The van der Waals surface area contributed by atoms with Crippen LogP contribution in [0, 0.1) is 10.8 Å². The zero-order valence-electron chi connectivity index (χ0n) is 17.2. The number of rotatable bonds is 7. The highest BCUT2D eigenvalue weighted by atomic mass is 16.6. The highest BCUT2D eigenvalue weighted by Gasteiger charge is 2.32. The van der Waals surface area contributed by atoms with Gasteiger partial charge in [-0.15, -0.1) is 0 Å². The van der Waals surface area contributed by atoms with Crippen molar-refractivity contribution in [2.24, 2.45) is 11.5 Å². The van der Waals surface area contributed by atoms with Gasteiger partial charge in [-0.2, -0.15) is 0 Å². The molecule has 3 aromatic rings. The molecule has 1 aliphatic heterocycles. The molecule has 6 N–H and O–H groups in total. The van der Waals surface area contributed by atoms with Gasteiger partial charge < -0.3 is 20.9 Å². The van der Waals surface area contributed by atoms with E-state index in [1.54, 1.807) is 24.3 Å². The molecular formula is C24H23N5O3. The van der Waals surface area contributed by atoms with Crippen molar-refractivity contribution in [3.8, 4) is 16.9 Å². The molecule has 32 heavy (non-hydrogen) atoms. The van der Waals surface area contributed by atoms with Crippen LogP contribution in [0.15, 0.2) is 72.8 Å². The van der Waals surface area contributed by atoms with Gasteiger partial charge in [-0.1, -0.05) is 36.4 Å². The monoisotopic (exact) mass is 429 g/mol. The van der Waals surface area contributed by atoms with Crippen LogP contribution in [0.3, 0.4) is 0 Å². The van der Waals surface area contributed by atoms with Gasteiger partial charge in [-0.3, -0.25) is 15.7 Å².